The van der Waals surface area contributed by atoms with Crippen LogP contribution in [-0.2, 0) is 16.6 Å². The molecular weight excluding hydrogens is 226 g/mol. The molecule has 1 aromatic carbocycles. The van der Waals surface area contributed by atoms with Gasteiger partial charge in [0.25, 0.3) is 0 Å². The minimum absolute atomic E-state index is 0.000792. The van der Waals surface area contributed by atoms with Gasteiger partial charge in [-0.15, -0.1) is 0 Å². The Morgan fingerprint density at radius 2 is 2.11 bits per heavy atom. The fourth-order valence-corrected chi connectivity index (χ4v) is 2.02. The molecule has 0 saturated heterocycles. The van der Waals surface area contributed by atoms with E-state index in [0.717, 1.165) is 25.0 Å². The predicted molar refractivity (Wildman–Crippen MR) is 74.3 cm³/mol. The first-order valence-electron chi connectivity index (χ1n) is 6.37. The third kappa shape index (κ3) is 3.57. The number of benzene rings is 1. The SMILES string of the molecule is CCc1cc(C(C)(C)CNCC=O)ccc1OC. The summed E-state index contributed by atoms with van der Waals surface area (Å²) in [6.45, 7) is 7.65. The minimum atomic E-state index is -0.000792. The highest BCUT2D eigenvalue weighted by molar-refractivity contribution is 5.51. The summed E-state index contributed by atoms with van der Waals surface area (Å²) >= 11 is 0. The Hall–Kier alpha value is -1.35. The van der Waals surface area contributed by atoms with Gasteiger partial charge in [-0.3, -0.25) is 0 Å². The highest BCUT2D eigenvalue weighted by atomic mass is 16.5. The summed E-state index contributed by atoms with van der Waals surface area (Å²) in [7, 11) is 1.70. The van der Waals surface area contributed by atoms with E-state index in [2.05, 4.69) is 38.2 Å². The number of nitrogens with one attached hydrogen (secondary N) is 1. The largest absolute Gasteiger partial charge is 0.496 e. The minimum Gasteiger partial charge on any atom is -0.496 e. The van der Waals surface area contributed by atoms with Gasteiger partial charge in [0.05, 0.1) is 13.7 Å². The normalized spacial score (nSPS) is 11.3. The van der Waals surface area contributed by atoms with Crippen LogP contribution in [0.5, 0.6) is 5.75 Å². The number of aryl methyl sites for hydroxylation is 1. The second-order valence-electron chi connectivity index (χ2n) is 5.06. The van der Waals surface area contributed by atoms with E-state index in [9.17, 15) is 4.79 Å². The van der Waals surface area contributed by atoms with Crippen molar-refractivity contribution in [1.29, 1.82) is 0 Å². The number of carbonyl (C=O) groups is 1. The van der Waals surface area contributed by atoms with Crippen molar-refractivity contribution in [2.75, 3.05) is 20.2 Å². The van der Waals surface area contributed by atoms with Gasteiger partial charge < -0.3 is 14.8 Å². The highest BCUT2D eigenvalue weighted by Gasteiger charge is 2.21. The maximum absolute atomic E-state index is 10.3. The van der Waals surface area contributed by atoms with Gasteiger partial charge in [-0.1, -0.05) is 32.9 Å². The van der Waals surface area contributed by atoms with Gasteiger partial charge in [-0.05, 0) is 23.6 Å². The van der Waals surface area contributed by atoms with E-state index in [1.54, 1.807) is 7.11 Å². The van der Waals surface area contributed by atoms with Crippen molar-refractivity contribution in [3.63, 3.8) is 0 Å². The summed E-state index contributed by atoms with van der Waals surface area (Å²) in [5.41, 5.74) is 2.48. The molecule has 0 amide bonds. The van der Waals surface area contributed by atoms with Crippen molar-refractivity contribution in [1.82, 2.24) is 5.32 Å². The molecule has 3 heteroatoms. The number of hydrogen-bond donors (Lipinski definition) is 1. The van der Waals surface area contributed by atoms with E-state index in [1.165, 1.54) is 11.1 Å². The molecule has 100 valence electrons. The Labute approximate surface area is 110 Å². The zero-order chi connectivity index (χ0) is 13.6. The lowest BCUT2D eigenvalue weighted by atomic mass is 9.83. The third-order valence-corrected chi connectivity index (χ3v) is 3.24. The van der Waals surface area contributed by atoms with Crippen LogP contribution in [0.25, 0.3) is 0 Å². The maximum atomic E-state index is 10.3. The number of aldehydes is 1. The molecule has 1 N–H and O–H groups in total. The van der Waals surface area contributed by atoms with Crippen molar-refractivity contribution in [3.8, 4) is 5.75 Å². The van der Waals surface area contributed by atoms with Crippen molar-refractivity contribution >= 4 is 6.29 Å². The maximum Gasteiger partial charge on any atom is 0.133 e. The molecule has 0 aliphatic rings. The average molecular weight is 249 g/mol. The summed E-state index contributed by atoms with van der Waals surface area (Å²) in [5.74, 6) is 0.943. The molecule has 0 aliphatic heterocycles. The Bertz CT molecular complexity index is 399. The molecule has 1 aromatic rings. The van der Waals surface area contributed by atoms with Crippen molar-refractivity contribution < 1.29 is 9.53 Å². The average Bonchev–Trinajstić information content (AvgIpc) is 2.38. The molecule has 0 atom stereocenters. The van der Waals surface area contributed by atoms with Gasteiger partial charge in [0.2, 0.25) is 0 Å². The fourth-order valence-electron chi connectivity index (χ4n) is 2.02. The smallest absolute Gasteiger partial charge is 0.133 e. The Morgan fingerprint density at radius 1 is 1.39 bits per heavy atom. The Kier molecular flexibility index (Phi) is 5.35. The number of carbonyl (C=O) groups excluding carboxylic acids is 1. The number of ether oxygens (including phenoxy) is 1. The molecule has 0 fully saturated rings. The molecule has 1 rings (SSSR count). The molecule has 0 spiro atoms. The van der Waals surface area contributed by atoms with Crippen LogP contribution in [0, 0.1) is 0 Å². The molecule has 0 aliphatic carbocycles. The van der Waals surface area contributed by atoms with Crippen molar-refractivity contribution in [2.24, 2.45) is 0 Å². The molecule has 0 radical (unpaired) electrons. The standard InChI is InChI=1S/C15H23NO2/c1-5-12-10-13(6-7-14(12)18-4)15(2,3)11-16-8-9-17/h6-7,9-10,16H,5,8,11H2,1-4H3. The summed E-state index contributed by atoms with van der Waals surface area (Å²) in [6, 6.07) is 6.32. The zero-order valence-electron chi connectivity index (χ0n) is 11.7. The second kappa shape index (κ2) is 6.55. The van der Waals surface area contributed by atoms with Crippen LogP contribution in [0.4, 0.5) is 0 Å². The van der Waals surface area contributed by atoms with Gasteiger partial charge >= 0.3 is 0 Å². The van der Waals surface area contributed by atoms with E-state index < -0.39 is 0 Å². The van der Waals surface area contributed by atoms with Crippen LogP contribution in [-0.4, -0.2) is 26.5 Å². The van der Waals surface area contributed by atoms with Crippen LogP contribution in [0.1, 0.15) is 31.9 Å². The van der Waals surface area contributed by atoms with Gasteiger partial charge in [-0.2, -0.15) is 0 Å². The van der Waals surface area contributed by atoms with Crippen LogP contribution < -0.4 is 10.1 Å². The summed E-state index contributed by atoms with van der Waals surface area (Å²) in [4.78, 5) is 10.3. The lowest BCUT2D eigenvalue weighted by Gasteiger charge is -2.26. The van der Waals surface area contributed by atoms with Crippen molar-refractivity contribution in [2.45, 2.75) is 32.6 Å². The first kappa shape index (κ1) is 14.7. The lowest BCUT2D eigenvalue weighted by molar-refractivity contribution is -0.107. The first-order valence-corrected chi connectivity index (χ1v) is 6.37. The Morgan fingerprint density at radius 3 is 2.67 bits per heavy atom. The van der Waals surface area contributed by atoms with E-state index in [0.29, 0.717) is 6.54 Å². The van der Waals surface area contributed by atoms with Crippen LogP contribution in [0.15, 0.2) is 18.2 Å². The molecular formula is C15H23NO2. The number of rotatable bonds is 7. The molecule has 0 heterocycles. The monoisotopic (exact) mass is 249 g/mol. The molecule has 0 unspecified atom stereocenters. The quantitative estimate of drug-likeness (QED) is 0.595. The summed E-state index contributed by atoms with van der Waals surface area (Å²) in [6.07, 6.45) is 1.84. The van der Waals surface area contributed by atoms with Gasteiger partial charge in [0.1, 0.15) is 12.0 Å². The molecule has 0 saturated carbocycles. The summed E-state index contributed by atoms with van der Waals surface area (Å²) in [5, 5.41) is 3.14. The van der Waals surface area contributed by atoms with Gasteiger partial charge in [0, 0.05) is 12.0 Å². The van der Waals surface area contributed by atoms with Crippen LogP contribution in [0.3, 0.4) is 0 Å². The Balaban J connectivity index is 2.90. The number of methoxy groups -OCH3 is 1. The molecule has 3 nitrogen and oxygen atoms in total. The fraction of sp³-hybridized carbons (Fsp3) is 0.533. The third-order valence-electron chi connectivity index (χ3n) is 3.24. The molecule has 18 heavy (non-hydrogen) atoms. The van der Waals surface area contributed by atoms with Crippen LogP contribution in [0.2, 0.25) is 0 Å². The van der Waals surface area contributed by atoms with E-state index >= 15 is 0 Å². The summed E-state index contributed by atoms with van der Waals surface area (Å²) < 4.78 is 5.34. The van der Waals surface area contributed by atoms with E-state index in [1.807, 2.05) is 6.07 Å². The lowest BCUT2D eigenvalue weighted by Crippen LogP contribution is -2.33. The molecule has 0 bridgehead atoms. The zero-order valence-corrected chi connectivity index (χ0v) is 11.7. The topological polar surface area (TPSA) is 38.3 Å². The van der Waals surface area contributed by atoms with Gasteiger partial charge in [-0.25, -0.2) is 0 Å². The van der Waals surface area contributed by atoms with Gasteiger partial charge in [0.15, 0.2) is 0 Å². The molecule has 0 aromatic heterocycles. The second-order valence-corrected chi connectivity index (χ2v) is 5.06. The van der Waals surface area contributed by atoms with E-state index in [-0.39, 0.29) is 5.41 Å². The van der Waals surface area contributed by atoms with Crippen LogP contribution >= 0.6 is 0 Å². The first-order chi connectivity index (χ1) is 8.55. The highest BCUT2D eigenvalue weighted by Crippen LogP contribution is 2.28. The predicted octanol–water partition coefficient (Wildman–Crippen LogP) is 2.32. The van der Waals surface area contributed by atoms with Crippen molar-refractivity contribution in [3.05, 3.63) is 29.3 Å². The van der Waals surface area contributed by atoms with E-state index in [4.69, 9.17) is 4.74 Å². The number of hydrogen-bond acceptors (Lipinski definition) is 3.